The second-order valence-corrected chi connectivity index (χ2v) is 5.07. The van der Waals surface area contributed by atoms with Gasteiger partial charge in [0.15, 0.2) is 0 Å². The van der Waals surface area contributed by atoms with Crippen LogP contribution < -0.4 is 10.1 Å². The Bertz CT molecular complexity index is 517. The Hall–Kier alpha value is -2.02. The van der Waals surface area contributed by atoms with Crippen molar-refractivity contribution in [3.8, 4) is 11.8 Å². The third-order valence-corrected chi connectivity index (χ3v) is 3.15. The zero-order chi connectivity index (χ0) is 13.8. The van der Waals surface area contributed by atoms with Gasteiger partial charge in [-0.1, -0.05) is 0 Å². The first-order chi connectivity index (χ1) is 9.10. The summed E-state index contributed by atoms with van der Waals surface area (Å²) < 4.78 is 5.66. The molecule has 1 N–H and O–H groups in total. The Morgan fingerprint density at radius 1 is 1.53 bits per heavy atom. The van der Waals surface area contributed by atoms with Gasteiger partial charge in [0.25, 0.3) is 0 Å². The van der Waals surface area contributed by atoms with Crippen molar-refractivity contribution in [2.24, 2.45) is 5.92 Å². The number of nitrogens with one attached hydrogen (secondary N) is 1. The lowest BCUT2D eigenvalue weighted by atomic mass is 9.90. The molecule has 0 saturated heterocycles. The van der Waals surface area contributed by atoms with Gasteiger partial charge in [0, 0.05) is 18.0 Å². The number of carbonyl (C=O) groups is 1. The van der Waals surface area contributed by atoms with E-state index in [2.05, 4.69) is 11.4 Å². The molecule has 19 heavy (non-hydrogen) atoms. The maximum absolute atomic E-state index is 11.9. The molecule has 1 aromatic rings. The van der Waals surface area contributed by atoms with E-state index in [-0.39, 0.29) is 17.9 Å². The van der Waals surface area contributed by atoms with Crippen molar-refractivity contribution in [2.45, 2.75) is 39.2 Å². The highest BCUT2D eigenvalue weighted by atomic mass is 16.5. The van der Waals surface area contributed by atoms with Crippen LogP contribution in [-0.2, 0) is 11.2 Å². The van der Waals surface area contributed by atoms with Gasteiger partial charge in [0.1, 0.15) is 5.75 Å². The van der Waals surface area contributed by atoms with Gasteiger partial charge in [-0.15, -0.1) is 0 Å². The number of hydrogen-bond donors (Lipinski definition) is 1. The van der Waals surface area contributed by atoms with E-state index in [1.165, 1.54) is 0 Å². The average Bonchev–Trinajstić information content (AvgIpc) is 2.36. The molecule has 1 amide bonds. The van der Waals surface area contributed by atoms with Crippen molar-refractivity contribution in [2.75, 3.05) is 5.32 Å². The molecule has 2 rings (SSSR count). The van der Waals surface area contributed by atoms with Crippen LogP contribution in [0.1, 0.15) is 32.3 Å². The number of rotatable bonds is 4. The fraction of sp³-hybridized carbons (Fsp3) is 0.467. The summed E-state index contributed by atoms with van der Waals surface area (Å²) in [5.74, 6) is 0.727. The standard InChI is InChI=1S/C15H18N2O2/c1-10(2)19-13-5-6-14-12(9-13)8-11(4-3-7-16)15(18)17-14/h5-6,9-11H,3-4,8H2,1-2H3,(H,17,18). The van der Waals surface area contributed by atoms with Crippen LogP contribution in [0.25, 0.3) is 0 Å². The van der Waals surface area contributed by atoms with Crippen LogP contribution in [0.5, 0.6) is 5.75 Å². The summed E-state index contributed by atoms with van der Waals surface area (Å²) in [7, 11) is 0. The van der Waals surface area contributed by atoms with Crippen LogP contribution in [-0.4, -0.2) is 12.0 Å². The zero-order valence-electron chi connectivity index (χ0n) is 11.3. The molecule has 4 nitrogen and oxygen atoms in total. The lowest BCUT2D eigenvalue weighted by molar-refractivity contribution is -0.120. The molecule has 1 aliphatic heterocycles. The summed E-state index contributed by atoms with van der Waals surface area (Å²) in [5, 5.41) is 11.5. The molecule has 4 heteroatoms. The van der Waals surface area contributed by atoms with Gasteiger partial charge in [0.2, 0.25) is 5.91 Å². The first kappa shape index (κ1) is 13.4. The molecule has 0 bridgehead atoms. The van der Waals surface area contributed by atoms with Crippen molar-refractivity contribution >= 4 is 11.6 Å². The minimum Gasteiger partial charge on any atom is -0.491 e. The summed E-state index contributed by atoms with van der Waals surface area (Å²) in [5.41, 5.74) is 1.94. The maximum atomic E-state index is 11.9. The van der Waals surface area contributed by atoms with E-state index in [1.54, 1.807) is 0 Å². The second-order valence-electron chi connectivity index (χ2n) is 5.07. The van der Waals surface area contributed by atoms with Gasteiger partial charge in [-0.2, -0.15) is 5.26 Å². The SMILES string of the molecule is CC(C)Oc1ccc2c(c1)CC(CCC#N)C(=O)N2. The fourth-order valence-corrected chi connectivity index (χ4v) is 2.27. The summed E-state index contributed by atoms with van der Waals surface area (Å²) >= 11 is 0. The molecular formula is C15H18N2O2. The Kier molecular flexibility index (Phi) is 4.06. The topological polar surface area (TPSA) is 62.1 Å². The van der Waals surface area contributed by atoms with E-state index in [0.29, 0.717) is 19.3 Å². The van der Waals surface area contributed by atoms with E-state index >= 15 is 0 Å². The van der Waals surface area contributed by atoms with Crippen molar-refractivity contribution < 1.29 is 9.53 Å². The number of nitrogens with zero attached hydrogens (tertiary/aromatic N) is 1. The van der Waals surface area contributed by atoms with Crippen LogP contribution in [0.15, 0.2) is 18.2 Å². The normalized spacial score (nSPS) is 17.6. The number of hydrogen-bond acceptors (Lipinski definition) is 3. The zero-order valence-corrected chi connectivity index (χ0v) is 11.3. The van der Waals surface area contributed by atoms with Crippen LogP contribution in [0, 0.1) is 17.2 Å². The lowest BCUT2D eigenvalue weighted by Gasteiger charge is -2.24. The summed E-state index contributed by atoms with van der Waals surface area (Å²) in [6.45, 7) is 3.97. The first-order valence-corrected chi connectivity index (χ1v) is 6.57. The van der Waals surface area contributed by atoms with E-state index in [0.717, 1.165) is 17.0 Å². The number of amides is 1. The average molecular weight is 258 g/mol. The molecule has 1 aromatic carbocycles. The molecule has 1 aliphatic rings. The van der Waals surface area contributed by atoms with E-state index < -0.39 is 0 Å². The van der Waals surface area contributed by atoms with Crippen LogP contribution in [0.3, 0.4) is 0 Å². The molecule has 0 fully saturated rings. The smallest absolute Gasteiger partial charge is 0.227 e. The molecule has 1 heterocycles. The summed E-state index contributed by atoms with van der Waals surface area (Å²) in [6.07, 6.45) is 1.83. The van der Waals surface area contributed by atoms with Crippen LogP contribution in [0.4, 0.5) is 5.69 Å². The highest BCUT2D eigenvalue weighted by Gasteiger charge is 2.26. The van der Waals surface area contributed by atoms with Gasteiger partial charge in [-0.05, 0) is 50.5 Å². The van der Waals surface area contributed by atoms with Crippen molar-refractivity contribution in [3.63, 3.8) is 0 Å². The Morgan fingerprint density at radius 2 is 2.32 bits per heavy atom. The van der Waals surface area contributed by atoms with E-state index in [4.69, 9.17) is 10.00 Å². The number of benzene rings is 1. The van der Waals surface area contributed by atoms with Gasteiger partial charge in [-0.25, -0.2) is 0 Å². The quantitative estimate of drug-likeness (QED) is 0.903. The van der Waals surface area contributed by atoms with Crippen LogP contribution in [0.2, 0.25) is 0 Å². The minimum atomic E-state index is -0.110. The number of fused-ring (bicyclic) bond motifs is 1. The molecule has 0 radical (unpaired) electrons. The molecule has 100 valence electrons. The number of ether oxygens (including phenoxy) is 1. The van der Waals surface area contributed by atoms with Gasteiger partial charge < -0.3 is 10.1 Å². The van der Waals surface area contributed by atoms with Crippen molar-refractivity contribution in [1.82, 2.24) is 0 Å². The van der Waals surface area contributed by atoms with Gasteiger partial charge in [0.05, 0.1) is 12.2 Å². The van der Waals surface area contributed by atoms with E-state index in [9.17, 15) is 4.79 Å². The minimum absolute atomic E-state index is 0.0141. The predicted molar refractivity (Wildman–Crippen MR) is 72.9 cm³/mol. The molecular weight excluding hydrogens is 240 g/mol. The molecule has 1 atom stereocenters. The number of anilines is 1. The number of carbonyl (C=O) groups excluding carboxylic acids is 1. The molecule has 0 aromatic heterocycles. The van der Waals surface area contributed by atoms with Crippen molar-refractivity contribution in [1.29, 1.82) is 5.26 Å². The maximum Gasteiger partial charge on any atom is 0.227 e. The Morgan fingerprint density at radius 3 is 3.00 bits per heavy atom. The largest absolute Gasteiger partial charge is 0.491 e. The number of nitriles is 1. The first-order valence-electron chi connectivity index (χ1n) is 6.57. The second kappa shape index (κ2) is 5.75. The monoisotopic (exact) mass is 258 g/mol. The molecule has 0 saturated carbocycles. The molecule has 0 spiro atoms. The summed E-state index contributed by atoms with van der Waals surface area (Å²) in [6, 6.07) is 7.82. The highest BCUT2D eigenvalue weighted by molar-refractivity contribution is 5.95. The predicted octanol–water partition coefficient (Wildman–Crippen LogP) is 2.89. The van der Waals surface area contributed by atoms with E-state index in [1.807, 2.05) is 32.0 Å². The fourth-order valence-electron chi connectivity index (χ4n) is 2.27. The lowest BCUT2D eigenvalue weighted by Crippen LogP contribution is -2.29. The Labute approximate surface area is 113 Å². The molecule has 1 unspecified atom stereocenters. The van der Waals surface area contributed by atoms with Crippen molar-refractivity contribution in [3.05, 3.63) is 23.8 Å². The molecule has 0 aliphatic carbocycles. The van der Waals surface area contributed by atoms with Gasteiger partial charge in [-0.3, -0.25) is 4.79 Å². The third-order valence-electron chi connectivity index (χ3n) is 3.15. The van der Waals surface area contributed by atoms with Crippen LogP contribution >= 0.6 is 0 Å². The highest BCUT2D eigenvalue weighted by Crippen LogP contribution is 2.31. The third kappa shape index (κ3) is 3.25. The Balaban J connectivity index is 2.16. The van der Waals surface area contributed by atoms with Gasteiger partial charge >= 0.3 is 0 Å². The summed E-state index contributed by atoms with van der Waals surface area (Å²) in [4.78, 5) is 11.9.